The van der Waals surface area contributed by atoms with Crippen LogP contribution in [0.15, 0.2) is 36.4 Å². The van der Waals surface area contributed by atoms with Crippen molar-refractivity contribution in [3.63, 3.8) is 0 Å². The first-order valence-electron chi connectivity index (χ1n) is 5.47. The van der Waals surface area contributed by atoms with Crippen molar-refractivity contribution in [2.24, 2.45) is 5.92 Å². The van der Waals surface area contributed by atoms with Crippen LogP contribution in [0, 0.1) is 9.49 Å². The van der Waals surface area contributed by atoms with Crippen LogP contribution in [0.1, 0.15) is 19.3 Å². The van der Waals surface area contributed by atoms with E-state index < -0.39 is 0 Å². The first-order valence-corrected chi connectivity index (χ1v) is 6.55. The van der Waals surface area contributed by atoms with Crippen LogP contribution < -0.4 is 5.32 Å². The Balaban J connectivity index is 1.99. The third kappa shape index (κ3) is 3.07. The van der Waals surface area contributed by atoms with Gasteiger partial charge in [0.05, 0.1) is 0 Å². The van der Waals surface area contributed by atoms with Gasteiger partial charge in [0.25, 0.3) is 0 Å². The molecule has 1 atom stereocenters. The lowest BCUT2D eigenvalue weighted by atomic mass is 9.93. The summed E-state index contributed by atoms with van der Waals surface area (Å²) < 4.78 is 1.14. The topological polar surface area (TPSA) is 29.1 Å². The maximum Gasteiger partial charge on any atom is 0.227 e. The molecule has 3 heteroatoms. The van der Waals surface area contributed by atoms with Gasteiger partial charge >= 0.3 is 0 Å². The molecule has 1 aromatic rings. The molecule has 0 radical (unpaired) electrons. The molecule has 2 rings (SSSR count). The van der Waals surface area contributed by atoms with Crippen LogP contribution in [0.4, 0.5) is 5.69 Å². The predicted octanol–water partition coefficient (Wildman–Crippen LogP) is 3.59. The maximum atomic E-state index is 11.9. The van der Waals surface area contributed by atoms with E-state index in [-0.39, 0.29) is 11.8 Å². The van der Waals surface area contributed by atoms with Crippen LogP contribution in [-0.2, 0) is 4.79 Å². The zero-order chi connectivity index (χ0) is 11.4. The van der Waals surface area contributed by atoms with E-state index in [4.69, 9.17) is 0 Å². The number of halogens is 1. The van der Waals surface area contributed by atoms with Crippen LogP contribution in [0.25, 0.3) is 0 Å². The van der Waals surface area contributed by atoms with E-state index in [1.165, 1.54) is 0 Å². The zero-order valence-corrected chi connectivity index (χ0v) is 11.1. The highest BCUT2D eigenvalue weighted by molar-refractivity contribution is 14.1. The summed E-state index contributed by atoms with van der Waals surface area (Å²) in [5, 5.41) is 2.97. The molecule has 2 nitrogen and oxygen atoms in total. The van der Waals surface area contributed by atoms with Gasteiger partial charge in [0.1, 0.15) is 0 Å². The second-order valence-electron chi connectivity index (χ2n) is 3.98. The lowest BCUT2D eigenvalue weighted by Crippen LogP contribution is -2.23. The number of anilines is 1. The highest BCUT2D eigenvalue weighted by Crippen LogP contribution is 2.20. The van der Waals surface area contributed by atoms with Crippen molar-refractivity contribution in [3.8, 4) is 0 Å². The molecule has 0 heterocycles. The summed E-state index contributed by atoms with van der Waals surface area (Å²) in [5.41, 5.74) is 0.895. The second-order valence-corrected chi connectivity index (χ2v) is 5.23. The summed E-state index contributed by atoms with van der Waals surface area (Å²) in [4.78, 5) is 11.9. The molecule has 1 aromatic carbocycles. The summed E-state index contributed by atoms with van der Waals surface area (Å²) in [6.07, 6.45) is 7.10. The quantitative estimate of drug-likeness (QED) is 0.653. The second kappa shape index (κ2) is 5.48. The van der Waals surface area contributed by atoms with E-state index in [9.17, 15) is 4.79 Å². The van der Waals surface area contributed by atoms with Crippen molar-refractivity contribution in [3.05, 3.63) is 40.0 Å². The molecule has 1 N–H and O–H groups in total. The number of hydrogen-bond acceptors (Lipinski definition) is 1. The number of allylic oxidation sites excluding steroid dienone is 2. The van der Waals surface area contributed by atoms with E-state index >= 15 is 0 Å². The van der Waals surface area contributed by atoms with Gasteiger partial charge in [0.15, 0.2) is 0 Å². The summed E-state index contributed by atoms with van der Waals surface area (Å²) in [6, 6.07) is 7.88. The molecule has 0 bridgehead atoms. The van der Waals surface area contributed by atoms with Gasteiger partial charge in [-0.2, -0.15) is 0 Å². The van der Waals surface area contributed by atoms with E-state index in [2.05, 4.69) is 40.1 Å². The summed E-state index contributed by atoms with van der Waals surface area (Å²) in [7, 11) is 0. The Kier molecular flexibility index (Phi) is 3.98. The number of hydrogen-bond donors (Lipinski definition) is 1. The molecule has 1 unspecified atom stereocenters. The molecule has 0 saturated heterocycles. The Labute approximate surface area is 109 Å². The Morgan fingerprint density at radius 1 is 1.38 bits per heavy atom. The monoisotopic (exact) mass is 327 g/mol. The fourth-order valence-corrected chi connectivity index (χ4v) is 2.39. The molecular formula is C13H14INO. The lowest BCUT2D eigenvalue weighted by Gasteiger charge is -2.17. The Hall–Kier alpha value is -0.840. The smallest absolute Gasteiger partial charge is 0.227 e. The average Bonchev–Trinajstić information content (AvgIpc) is 2.30. The number of benzene rings is 1. The molecule has 1 amide bonds. The van der Waals surface area contributed by atoms with Crippen LogP contribution >= 0.6 is 22.6 Å². The Morgan fingerprint density at radius 3 is 2.94 bits per heavy atom. The first kappa shape index (κ1) is 11.6. The minimum absolute atomic E-state index is 0.142. The number of nitrogens with one attached hydrogen (secondary N) is 1. The first-order chi connectivity index (χ1) is 7.75. The lowest BCUT2D eigenvalue weighted by molar-refractivity contribution is -0.120. The molecule has 1 aliphatic rings. The summed E-state index contributed by atoms with van der Waals surface area (Å²) in [5.74, 6) is 0.286. The molecule has 1 aliphatic carbocycles. The molecule has 0 spiro atoms. The van der Waals surface area contributed by atoms with Crippen LogP contribution in [0.5, 0.6) is 0 Å². The third-order valence-corrected chi connectivity index (χ3v) is 3.40. The van der Waals surface area contributed by atoms with Gasteiger partial charge in [-0.25, -0.2) is 0 Å². The van der Waals surface area contributed by atoms with Gasteiger partial charge in [0, 0.05) is 15.2 Å². The number of carbonyl (C=O) groups excluding carboxylic acids is 1. The molecular weight excluding hydrogens is 313 g/mol. The van der Waals surface area contributed by atoms with Crippen molar-refractivity contribution in [1.82, 2.24) is 0 Å². The Morgan fingerprint density at radius 2 is 2.25 bits per heavy atom. The highest BCUT2D eigenvalue weighted by atomic mass is 127. The Bertz CT molecular complexity index is 414. The molecule has 16 heavy (non-hydrogen) atoms. The number of rotatable bonds is 2. The molecule has 84 valence electrons. The predicted molar refractivity (Wildman–Crippen MR) is 74.3 cm³/mol. The fraction of sp³-hybridized carbons (Fsp3) is 0.308. The minimum atomic E-state index is 0.142. The largest absolute Gasteiger partial charge is 0.326 e. The summed E-state index contributed by atoms with van der Waals surface area (Å²) >= 11 is 2.24. The number of carbonyl (C=O) groups is 1. The van der Waals surface area contributed by atoms with Crippen molar-refractivity contribution in [1.29, 1.82) is 0 Å². The van der Waals surface area contributed by atoms with Gasteiger partial charge in [-0.15, -0.1) is 0 Å². The van der Waals surface area contributed by atoms with E-state index in [0.717, 1.165) is 28.5 Å². The summed E-state index contributed by atoms with van der Waals surface area (Å²) in [6.45, 7) is 0. The van der Waals surface area contributed by atoms with Gasteiger partial charge in [0.2, 0.25) is 5.91 Å². The van der Waals surface area contributed by atoms with Crippen LogP contribution in [0.3, 0.4) is 0 Å². The SMILES string of the molecule is O=C(Nc1cccc(I)c1)C1CC=CCC1. The van der Waals surface area contributed by atoms with Crippen molar-refractivity contribution in [2.45, 2.75) is 19.3 Å². The van der Waals surface area contributed by atoms with E-state index in [1.807, 2.05) is 24.3 Å². The molecule has 0 aromatic heterocycles. The zero-order valence-electron chi connectivity index (χ0n) is 8.95. The van der Waals surface area contributed by atoms with Gasteiger partial charge < -0.3 is 5.32 Å². The van der Waals surface area contributed by atoms with Gasteiger partial charge in [-0.05, 0) is 60.1 Å². The molecule has 0 fully saturated rings. The average molecular weight is 327 g/mol. The highest BCUT2D eigenvalue weighted by Gasteiger charge is 2.18. The van der Waals surface area contributed by atoms with Gasteiger partial charge in [-0.3, -0.25) is 4.79 Å². The standard InChI is InChI=1S/C13H14INO/c14-11-7-4-8-12(9-11)15-13(16)10-5-2-1-3-6-10/h1-2,4,7-10H,3,5-6H2,(H,15,16). The van der Waals surface area contributed by atoms with Crippen LogP contribution in [-0.4, -0.2) is 5.91 Å². The van der Waals surface area contributed by atoms with E-state index in [0.29, 0.717) is 0 Å². The maximum absolute atomic E-state index is 11.9. The minimum Gasteiger partial charge on any atom is -0.326 e. The normalized spacial score (nSPS) is 19.4. The van der Waals surface area contributed by atoms with Crippen molar-refractivity contribution < 1.29 is 4.79 Å². The van der Waals surface area contributed by atoms with Crippen molar-refractivity contribution in [2.75, 3.05) is 5.32 Å². The van der Waals surface area contributed by atoms with Crippen molar-refractivity contribution >= 4 is 34.2 Å². The fourth-order valence-electron chi connectivity index (χ4n) is 1.84. The van der Waals surface area contributed by atoms with Crippen LogP contribution in [0.2, 0.25) is 0 Å². The third-order valence-electron chi connectivity index (χ3n) is 2.73. The molecule has 0 aliphatic heterocycles. The molecule has 0 saturated carbocycles. The number of amides is 1. The van der Waals surface area contributed by atoms with E-state index in [1.54, 1.807) is 0 Å². The van der Waals surface area contributed by atoms with Gasteiger partial charge in [-0.1, -0.05) is 18.2 Å².